The van der Waals surface area contributed by atoms with Gasteiger partial charge < -0.3 is 14.4 Å². The second-order valence-electron chi connectivity index (χ2n) is 3.22. The van der Waals surface area contributed by atoms with Crippen molar-refractivity contribution in [3.8, 4) is 17.1 Å². The lowest BCUT2D eigenvalue weighted by Gasteiger charge is -2.03. The van der Waals surface area contributed by atoms with Crippen LogP contribution in [0.15, 0.2) is 28.9 Å². The van der Waals surface area contributed by atoms with Crippen molar-refractivity contribution in [1.82, 2.24) is 5.16 Å². The van der Waals surface area contributed by atoms with Crippen LogP contribution < -0.4 is 4.74 Å². The summed E-state index contributed by atoms with van der Waals surface area (Å²) in [5.74, 6) is -1.64. The summed E-state index contributed by atoms with van der Waals surface area (Å²) < 4.78 is 23.3. The van der Waals surface area contributed by atoms with Gasteiger partial charge >= 0.3 is 5.97 Å². The van der Waals surface area contributed by atoms with Crippen LogP contribution in [0.3, 0.4) is 0 Å². The molecule has 1 N–H and O–H groups in total. The Balaban J connectivity index is 2.53. The Kier molecular flexibility index (Phi) is 2.78. The fourth-order valence-electron chi connectivity index (χ4n) is 1.39. The fraction of sp³-hybridized carbons (Fsp3) is 0.0909. The second-order valence-corrected chi connectivity index (χ2v) is 3.22. The van der Waals surface area contributed by atoms with Gasteiger partial charge in [-0.1, -0.05) is 5.16 Å². The van der Waals surface area contributed by atoms with E-state index in [0.717, 1.165) is 12.3 Å². The van der Waals surface area contributed by atoms with E-state index in [1.165, 1.54) is 19.2 Å². The van der Waals surface area contributed by atoms with E-state index in [9.17, 15) is 9.18 Å². The Morgan fingerprint density at radius 1 is 1.53 bits per heavy atom. The number of ether oxygens (including phenoxy) is 1. The maximum Gasteiger partial charge on any atom is 0.341 e. The number of methoxy groups -OCH3 is 1. The minimum atomic E-state index is -1.23. The first-order valence-corrected chi connectivity index (χ1v) is 4.65. The van der Waals surface area contributed by atoms with Crippen molar-refractivity contribution in [3.63, 3.8) is 0 Å². The topological polar surface area (TPSA) is 72.6 Å². The lowest BCUT2D eigenvalue weighted by Crippen LogP contribution is -1.97. The largest absolute Gasteiger partial charge is 0.497 e. The van der Waals surface area contributed by atoms with E-state index in [1.54, 1.807) is 0 Å². The van der Waals surface area contributed by atoms with E-state index in [-0.39, 0.29) is 16.9 Å². The average Bonchev–Trinajstić information content (AvgIpc) is 2.77. The standard InChI is InChI=1S/C11H8FNO4/c1-16-6-2-3-7(9(12)4-6)10-8(11(14)15)5-13-17-10/h2-5H,1H3,(H,14,15). The maximum atomic E-state index is 13.7. The fourth-order valence-corrected chi connectivity index (χ4v) is 1.39. The number of hydrogen-bond acceptors (Lipinski definition) is 4. The van der Waals surface area contributed by atoms with Crippen molar-refractivity contribution in [2.45, 2.75) is 0 Å². The summed E-state index contributed by atoms with van der Waals surface area (Å²) in [6.45, 7) is 0. The van der Waals surface area contributed by atoms with Crippen molar-refractivity contribution < 1.29 is 23.6 Å². The quantitative estimate of drug-likeness (QED) is 0.885. The Labute approximate surface area is 95.4 Å². The van der Waals surface area contributed by atoms with Gasteiger partial charge in [-0.3, -0.25) is 0 Å². The molecule has 0 saturated carbocycles. The van der Waals surface area contributed by atoms with E-state index < -0.39 is 11.8 Å². The lowest BCUT2D eigenvalue weighted by atomic mass is 10.1. The highest BCUT2D eigenvalue weighted by atomic mass is 19.1. The normalized spacial score (nSPS) is 10.2. The van der Waals surface area contributed by atoms with E-state index in [4.69, 9.17) is 14.4 Å². The number of carbonyl (C=O) groups is 1. The van der Waals surface area contributed by atoms with Crippen LogP contribution in [0.25, 0.3) is 11.3 Å². The first-order chi connectivity index (χ1) is 8.13. The lowest BCUT2D eigenvalue weighted by molar-refractivity contribution is 0.0697. The molecular weight excluding hydrogens is 229 g/mol. The van der Waals surface area contributed by atoms with Gasteiger partial charge in [-0.25, -0.2) is 9.18 Å². The van der Waals surface area contributed by atoms with E-state index in [0.29, 0.717) is 5.75 Å². The molecule has 0 saturated heterocycles. The molecule has 2 aromatic rings. The number of nitrogens with zero attached hydrogens (tertiary/aromatic N) is 1. The summed E-state index contributed by atoms with van der Waals surface area (Å²) in [5, 5.41) is 12.2. The van der Waals surface area contributed by atoms with Crippen molar-refractivity contribution >= 4 is 5.97 Å². The van der Waals surface area contributed by atoms with Crippen LogP contribution in [0.1, 0.15) is 10.4 Å². The third kappa shape index (κ3) is 1.96. The summed E-state index contributed by atoms with van der Waals surface area (Å²) in [5.41, 5.74) is -0.158. The molecule has 1 aromatic carbocycles. The molecule has 1 aromatic heterocycles. The number of carboxylic acid groups (broad SMARTS) is 1. The first kappa shape index (κ1) is 11.1. The zero-order chi connectivity index (χ0) is 12.4. The van der Waals surface area contributed by atoms with E-state index in [1.807, 2.05) is 0 Å². The van der Waals surface area contributed by atoms with Gasteiger partial charge in [0.15, 0.2) is 5.76 Å². The molecule has 0 aliphatic heterocycles. The summed E-state index contributed by atoms with van der Waals surface area (Å²) in [7, 11) is 1.41. The van der Waals surface area contributed by atoms with E-state index >= 15 is 0 Å². The second kappa shape index (κ2) is 4.25. The van der Waals surface area contributed by atoms with Gasteiger partial charge in [0.1, 0.15) is 17.1 Å². The molecular formula is C11H8FNO4. The highest BCUT2D eigenvalue weighted by Crippen LogP contribution is 2.28. The molecule has 0 spiro atoms. The molecule has 1 heterocycles. The van der Waals surface area contributed by atoms with Gasteiger partial charge in [0.2, 0.25) is 0 Å². The Morgan fingerprint density at radius 2 is 2.29 bits per heavy atom. The van der Waals surface area contributed by atoms with Gasteiger partial charge in [-0.15, -0.1) is 0 Å². The molecule has 5 nitrogen and oxygen atoms in total. The Morgan fingerprint density at radius 3 is 2.88 bits per heavy atom. The molecule has 17 heavy (non-hydrogen) atoms. The van der Waals surface area contributed by atoms with Crippen LogP contribution >= 0.6 is 0 Å². The third-order valence-electron chi connectivity index (χ3n) is 2.22. The number of aromatic carboxylic acids is 1. The summed E-state index contributed by atoms with van der Waals surface area (Å²) in [6.07, 6.45) is 1.03. The average molecular weight is 237 g/mol. The number of halogens is 1. The monoisotopic (exact) mass is 237 g/mol. The van der Waals surface area contributed by atoms with Gasteiger partial charge in [-0.05, 0) is 12.1 Å². The molecule has 0 aliphatic carbocycles. The van der Waals surface area contributed by atoms with Crippen molar-refractivity contribution in [1.29, 1.82) is 0 Å². The van der Waals surface area contributed by atoms with Crippen LogP contribution in [0.2, 0.25) is 0 Å². The van der Waals surface area contributed by atoms with Crippen LogP contribution in [0, 0.1) is 5.82 Å². The van der Waals surface area contributed by atoms with Crippen LogP contribution in [-0.4, -0.2) is 23.3 Å². The molecule has 0 aliphatic rings. The molecule has 0 radical (unpaired) electrons. The molecule has 0 unspecified atom stereocenters. The molecule has 0 atom stereocenters. The van der Waals surface area contributed by atoms with Gasteiger partial charge in [-0.2, -0.15) is 0 Å². The molecule has 6 heteroatoms. The highest BCUT2D eigenvalue weighted by Gasteiger charge is 2.20. The third-order valence-corrected chi connectivity index (χ3v) is 2.22. The van der Waals surface area contributed by atoms with E-state index in [2.05, 4.69) is 5.16 Å². The highest BCUT2D eigenvalue weighted by molar-refractivity contribution is 5.93. The van der Waals surface area contributed by atoms with Crippen LogP contribution in [-0.2, 0) is 0 Å². The minimum Gasteiger partial charge on any atom is -0.497 e. The summed E-state index contributed by atoms with van der Waals surface area (Å²) >= 11 is 0. The van der Waals surface area contributed by atoms with Gasteiger partial charge in [0.25, 0.3) is 0 Å². The summed E-state index contributed by atoms with van der Waals surface area (Å²) in [6, 6.07) is 4.02. The van der Waals surface area contributed by atoms with Gasteiger partial charge in [0, 0.05) is 6.07 Å². The smallest absolute Gasteiger partial charge is 0.341 e. The number of carboxylic acids is 1. The summed E-state index contributed by atoms with van der Waals surface area (Å²) in [4.78, 5) is 10.8. The predicted octanol–water partition coefficient (Wildman–Crippen LogP) is 2.19. The molecule has 2 rings (SSSR count). The van der Waals surface area contributed by atoms with Crippen molar-refractivity contribution in [3.05, 3.63) is 35.8 Å². The Bertz CT molecular complexity index is 564. The Hall–Kier alpha value is -2.37. The van der Waals surface area contributed by atoms with Crippen molar-refractivity contribution in [2.24, 2.45) is 0 Å². The zero-order valence-electron chi connectivity index (χ0n) is 8.81. The zero-order valence-corrected chi connectivity index (χ0v) is 8.81. The number of aromatic nitrogens is 1. The minimum absolute atomic E-state index is 0.0284. The molecule has 0 bridgehead atoms. The number of hydrogen-bond donors (Lipinski definition) is 1. The van der Waals surface area contributed by atoms with Crippen LogP contribution in [0.4, 0.5) is 4.39 Å². The number of benzene rings is 1. The first-order valence-electron chi connectivity index (χ1n) is 4.65. The van der Waals surface area contributed by atoms with Crippen molar-refractivity contribution in [2.75, 3.05) is 7.11 Å². The number of rotatable bonds is 3. The molecule has 88 valence electrons. The van der Waals surface area contributed by atoms with Crippen LogP contribution in [0.5, 0.6) is 5.75 Å². The molecule has 0 fully saturated rings. The molecule has 0 amide bonds. The predicted molar refractivity (Wildman–Crippen MR) is 55.4 cm³/mol. The SMILES string of the molecule is COc1ccc(-c2oncc2C(=O)O)c(F)c1. The maximum absolute atomic E-state index is 13.7. The van der Waals surface area contributed by atoms with Gasteiger partial charge in [0.05, 0.1) is 18.9 Å².